The van der Waals surface area contributed by atoms with E-state index in [0.29, 0.717) is 0 Å². The van der Waals surface area contributed by atoms with Gasteiger partial charge in [0.25, 0.3) is 0 Å². The van der Waals surface area contributed by atoms with Crippen LogP contribution in [0.5, 0.6) is 0 Å². The van der Waals surface area contributed by atoms with Crippen LogP contribution in [-0.4, -0.2) is 5.75 Å². The first-order valence-corrected chi connectivity index (χ1v) is 4.51. The molecule has 0 N–H and O–H groups in total. The number of allylic oxidation sites excluding steroid dienone is 3. The van der Waals surface area contributed by atoms with Gasteiger partial charge in [0, 0.05) is 16.7 Å². The molecule has 0 aromatic rings. The van der Waals surface area contributed by atoms with Crippen molar-refractivity contribution in [2.24, 2.45) is 0 Å². The van der Waals surface area contributed by atoms with Gasteiger partial charge in [-0.1, -0.05) is 29.8 Å². The predicted molar refractivity (Wildman–Crippen MR) is 48.0 cm³/mol. The SMILES string of the molecule is Cl/C=C/CC1=[C]SCC=C1. The number of rotatable bonds is 2. The fraction of sp³-hybridized carbons (Fsp3) is 0.250. The van der Waals surface area contributed by atoms with Gasteiger partial charge in [-0.3, -0.25) is 0 Å². The average molecular weight is 172 g/mol. The van der Waals surface area contributed by atoms with Crippen LogP contribution in [0.25, 0.3) is 0 Å². The van der Waals surface area contributed by atoms with Crippen molar-refractivity contribution in [3.05, 3.63) is 34.7 Å². The molecule has 0 saturated carbocycles. The molecule has 1 aliphatic heterocycles. The summed E-state index contributed by atoms with van der Waals surface area (Å²) in [5, 5.41) is 3.19. The van der Waals surface area contributed by atoms with E-state index in [1.807, 2.05) is 6.08 Å². The van der Waals surface area contributed by atoms with Crippen LogP contribution < -0.4 is 0 Å². The van der Waals surface area contributed by atoms with Crippen LogP contribution in [-0.2, 0) is 0 Å². The third-order valence-electron chi connectivity index (χ3n) is 1.13. The molecular formula is C8H8ClS. The predicted octanol–water partition coefficient (Wildman–Crippen LogP) is 3.12. The highest BCUT2D eigenvalue weighted by Gasteiger charge is 1.94. The highest BCUT2D eigenvalue weighted by atomic mass is 35.5. The highest BCUT2D eigenvalue weighted by Crippen LogP contribution is 2.16. The maximum Gasteiger partial charge on any atom is 0.0249 e. The monoisotopic (exact) mass is 171 g/mol. The molecule has 0 aliphatic carbocycles. The molecule has 1 radical (unpaired) electrons. The first kappa shape index (κ1) is 7.96. The molecular weight excluding hydrogens is 164 g/mol. The minimum Gasteiger partial charge on any atom is -0.121 e. The van der Waals surface area contributed by atoms with Gasteiger partial charge in [0.15, 0.2) is 0 Å². The molecule has 2 heteroatoms. The first-order chi connectivity index (χ1) is 4.93. The van der Waals surface area contributed by atoms with Crippen LogP contribution in [0.15, 0.2) is 29.3 Å². The standard InChI is InChI=1S/C8H8ClS/c9-5-1-3-8-4-2-6-10-7-8/h1-2,4-5H,3,6H2/b5-1+. The lowest BCUT2D eigenvalue weighted by Crippen LogP contribution is -1.81. The summed E-state index contributed by atoms with van der Waals surface area (Å²) < 4.78 is 0. The third kappa shape index (κ3) is 2.63. The molecule has 0 atom stereocenters. The Morgan fingerprint density at radius 2 is 2.70 bits per heavy atom. The van der Waals surface area contributed by atoms with Crippen molar-refractivity contribution in [1.29, 1.82) is 0 Å². The lowest BCUT2D eigenvalue weighted by molar-refractivity contribution is 1.28. The zero-order chi connectivity index (χ0) is 7.23. The van der Waals surface area contributed by atoms with Gasteiger partial charge in [0.1, 0.15) is 0 Å². The summed E-state index contributed by atoms with van der Waals surface area (Å²) in [6.07, 6.45) is 7.04. The van der Waals surface area contributed by atoms with Gasteiger partial charge in [0.2, 0.25) is 0 Å². The smallest absolute Gasteiger partial charge is 0.0249 e. The minimum atomic E-state index is 0.896. The lowest BCUT2D eigenvalue weighted by atomic mass is 10.2. The van der Waals surface area contributed by atoms with E-state index in [1.165, 1.54) is 5.57 Å². The summed E-state index contributed by atoms with van der Waals surface area (Å²) in [6, 6.07) is 0. The summed E-state index contributed by atoms with van der Waals surface area (Å²) in [4.78, 5) is 0. The molecule has 0 bridgehead atoms. The molecule has 1 aliphatic rings. The molecule has 0 amide bonds. The van der Waals surface area contributed by atoms with Crippen LogP contribution in [0, 0.1) is 5.41 Å². The third-order valence-corrected chi connectivity index (χ3v) is 2.07. The topological polar surface area (TPSA) is 0 Å². The van der Waals surface area contributed by atoms with Crippen LogP contribution in [0.4, 0.5) is 0 Å². The van der Waals surface area contributed by atoms with E-state index < -0.39 is 0 Å². The van der Waals surface area contributed by atoms with Gasteiger partial charge < -0.3 is 0 Å². The quantitative estimate of drug-likeness (QED) is 0.615. The fourth-order valence-corrected chi connectivity index (χ4v) is 1.39. The van der Waals surface area contributed by atoms with Gasteiger partial charge in [0.05, 0.1) is 0 Å². The Labute approximate surface area is 70.6 Å². The van der Waals surface area contributed by atoms with E-state index in [9.17, 15) is 0 Å². The molecule has 0 aromatic carbocycles. The molecule has 0 nitrogen and oxygen atoms in total. The summed E-state index contributed by atoms with van der Waals surface area (Å²) >= 11 is 7.07. The van der Waals surface area contributed by atoms with Gasteiger partial charge >= 0.3 is 0 Å². The van der Waals surface area contributed by atoms with E-state index in [2.05, 4.69) is 17.6 Å². The van der Waals surface area contributed by atoms with Crippen molar-refractivity contribution in [2.75, 3.05) is 5.75 Å². The number of halogens is 1. The van der Waals surface area contributed by atoms with Gasteiger partial charge in [-0.05, 0) is 12.0 Å². The van der Waals surface area contributed by atoms with Crippen LogP contribution in [0.3, 0.4) is 0 Å². The molecule has 53 valence electrons. The van der Waals surface area contributed by atoms with E-state index in [1.54, 1.807) is 17.3 Å². The Bertz CT molecular complexity index is 180. The molecule has 10 heavy (non-hydrogen) atoms. The number of thioether (sulfide) groups is 1. The van der Waals surface area contributed by atoms with Crippen LogP contribution in [0.1, 0.15) is 6.42 Å². The fourth-order valence-electron chi connectivity index (χ4n) is 0.688. The number of hydrogen-bond donors (Lipinski definition) is 0. The van der Waals surface area contributed by atoms with Crippen molar-refractivity contribution < 1.29 is 0 Å². The Morgan fingerprint density at radius 1 is 1.80 bits per heavy atom. The summed E-state index contributed by atoms with van der Waals surface area (Å²) in [6.45, 7) is 0. The minimum absolute atomic E-state index is 0.896. The largest absolute Gasteiger partial charge is 0.121 e. The van der Waals surface area contributed by atoms with E-state index in [4.69, 9.17) is 11.6 Å². The van der Waals surface area contributed by atoms with E-state index in [-0.39, 0.29) is 0 Å². The second-order valence-corrected chi connectivity index (χ2v) is 2.98. The van der Waals surface area contributed by atoms with Gasteiger partial charge in [-0.25, -0.2) is 0 Å². The highest BCUT2D eigenvalue weighted by molar-refractivity contribution is 8.01. The normalized spacial score (nSPS) is 17.9. The van der Waals surface area contributed by atoms with Crippen molar-refractivity contribution in [3.8, 4) is 0 Å². The zero-order valence-corrected chi connectivity index (χ0v) is 7.08. The second kappa shape index (κ2) is 4.64. The molecule has 0 spiro atoms. The lowest BCUT2D eigenvalue weighted by Gasteiger charge is -2.00. The molecule has 0 saturated heterocycles. The molecule has 0 unspecified atom stereocenters. The molecule has 0 aromatic heterocycles. The molecule has 1 heterocycles. The Hall–Kier alpha value is -0.140. The van der Waals surface area contributed by atoms with Crippen molar-refractivity contribution in [2.45, 2.75) is 6.42 Å². The Kier molecular flexibility index (Phi) is 3.69. The summed E-state index contributed by atoms with van der Waals surface area (Å²) in [7, 11) is 0. The summed E-state index contributed by atoms with van der Waals surface area (Å²) in [5.74, 6) is 1.05. The van der Waals surface area contributed by atoms with Crippen molar-refractivity contribution in [3.63, 3.8) is 0 Å². The summed E-state index contributed by atoms with van der Waals surface area (Å²) in [5.41, 5.74) is 2.76. The average Bonchev–Trinajstić information content (AvgIpc) is 2.03. The van der Waals surface area contributed by atoms with Gasteiger partial charge in [-0.2, -0.15) is 0 Å². The Morgan fingerprint density at radius 3 is 3.30 bits per heavy atom. The Balaban J connectivity index is 2.40. The maximum absolute atomic E-state index is 5.37. The van der Waals surface area contributed by atoms with E-state index >= 15 is 0 Å². The second-order valence-electron chi connectivity index (χ2n) is 1.91. The van der Waals surface area contributed by atoms with Crippen LogP contribution >= 0.6 is 23.4 Å². The van der Waals surface area contributed by atoms with Crippen molar-refractivity contribution >= 4 is 23.4 Å². The number of hydrogen-bond acceptors (Lipinski definition) is 1. The van der Waals surface area contributed by atoms with E-state index in [0.717, 1.165) is 12.2 Å². The van der Waals surface area contributed by atoms with Gasteiger partial charge in [-0.15, -0.1) is 11.8 Å². The first-order valence-electron chi connectivity index (χ1n) is 3.09. The zero-order valence-electron chi connectivity index (χ0n) is 5.51. The molecule has 0 fully saturated rings. The van der Waals surface area contributed by atoms with Crippen molar-refractivity contribution in [1.82, 2.24) is 0 Å². The maximum atomic E-state index is 5.37. The van der Waals surface area contributed by atoms with Crippen LogP contribution in [0.2, 0.25) is 0 Å². The molecule has 1 rings (SSSR count).